The van der Waals surface area contributed by atoms with Crippen LogP contribution in [0.15, 0.2) is 66.1 Å². The highest BCUT2D eigenvalue weighted by molar-refractivity contribution is 8.00. The molecule has 0 bridgehead atoms. The number of aryl methyl sites for hydroxylation is 3. The number of para-hydroxylation sites is 1. The highest BCUT2D eigenvalue weighted by Gasteiger charge is 2.20. The van der Waals surface area contributed by atoms with Crippen LogP contribution in [0.3, 0.4) is 0 Å². The Bertz CT molecular complexity index is 1140. The zero-order chi connectivity index (χ0) is 21.6. The summed E-state index contributed by atoms with van der Waals surface area (Å²) >= 11 is 3.18. The number of thiazole rings is 1. The van der Waals surface area contributed by atoms with Gasteiger partial charge in [0.1, 0.15) is 0 Å². The van der Waals surface area contributed by atoms with E-state index in [2.05, 4.69) is 61.3 Å². The number of carbonyl (C=O) groups is 1. The maximum atomic E-state index is 13.3. The van der Waals surface area contributed by atoms with Gasteiger partial charge in [0.2, 0.25) is 5.91 Å². The second-order valence-corrected chi connectivity index (χ2v) is 9.47. The first-order chi connectivity index (χ1) is 15.1. The number of carbonyl (C=O) groups excluding carboxylic acids is 1. The van der Waals surface area contributed by atoms with Crippen molar-refractivity contribution >= 4 is 44.4 Å². The molecular formula is C24H26N4OS2. The van der Waals surface area contributed by atoms with Crippen LogP contribution >= 0.6 is 23.1 Å². The third-order valence-electron chi connectivity index (χ3n) is 5.14. The van der Waals surface area contributed by atoms with Gasteiger partial charge in [-0.2, -0.15) is 0 Å². The maximum Gasteiger partial charge on any atom is 0.239 e. The quantitative estimate of drug-likeness (QED) is 0.312. The topological polar surface area (TPSA) is 51.0 Å². The van der Waals surface area contributed by atoms with E-state index in [1.54, 1.807) is 29.3 Å². The molecule has 5 nitrogen and oxygen atoms in total. The van der Waals surface area contributed by atoms with Crippen molar-refractivity contribution in [3.05, 3.63) is 72.3 Å². The van der Waals surface area contributed by atoms with Crippen LogP contribution in [0.5, 0.6) is 0 Å². The summed E-state index contributed by atoms with van der Waals surface area (Å²) < 4.78 is 3.17. The van der Waals surface area contributed by atoms with E-state index < -0.39 is 0 Å². The number of anilines is 1. The predicted octanol–water partition coefficient (Wildman–Crippen LogP) is 5.58. The van der Waals surface area contributed by atoms with Gasteiger partial charge in [0.05, 0.1) is 22.3 Å². The summed E-state index contributed by atoms with van der Waals surface area (Å²) in [5.41, 5.74) is 3.46. The number of benzene rings is 2. The zero-order valence-corrected chi connectivity index (χ0v) is 19.5. The fourth-order valence-corrected chi connectivity index (χ4v) is 5.24. The Morgan fingerprint density at radius 2 is 2.03 bits per heavy atom. The molecule has 0 unspecified atom stereocenters. The fourth-order valence-electron chi connectivity index (χ4n) is 3.41. The predicted molar refractivity (Wildman–Crippen MR) is 130 cm³/mol. The van der Waals surface area contributed by atoms with Crippen molar-refractivity contribution in [2.75, 3.05) is 17.2 Å². The number of imidazole rings is 1. The van der Waals surface area contributed by atoms with Crippen LogP contribution in [-0.4, -0.2) is 32.7 Å². The van der Waals surface area contributed by atoms with Gasteiger partial charge in [0.25, 0.3) is 0 Å². The summed E-state index contributed by atoms with van der Waals surface area (Å²) in [7, 11) is 0. The molecule has 4 rings (SSSR count). The first-order valence-electron chi connectivity index (χ1n) is 10.5. The summed E-state index contributed by atoms with van der Waals surface area (Å²) in [4.78, 5) is 25.2. The lowest BCUT2D eigenvalue weighted by atomic mass is 10.1. The van der Waals surface area contributed by atoms with Crippen molar-refractivity contribution in [2.24, 2.45) is 0 Å². The van der Waals surface area contributed by atoms with E-state index in [4.69, 9.17) is 4.98 Å². The molecule has 0 radical (unpaired) electrons. The number of aromatic nitrogens is 3. The van der Waals surface area contributed by atoms with E-state index in [0.29, 0.717) is 12.3 Å². The molecule has 0 saturated heterocycles. The van der Waals surface area contributed by atoms with Crippen LogP contribution in [0.2, 0.25) is 0 Å². The summed E-state index contributed by atoms with van der Waals surface area (Å²) in [6, 6.07) is 14.6. The van der Waals surface area contributed by atoms with E-state index in [0.717, 1.165) is 39.6 Å². The van der Waals surface area contributed by atoms with Gasteiger partial charge in [-0.15, -0.1) is 11.8 Å². The van der Waals surface area contributed by atoms with Gasteiger partial charge in [0, 0.05) is 30.4 Å². The molecule has 0 aliphatic carbocycles. The molecule has 0 aliphatic heterocycles. The Kier molecular flexibility index (Phi) is 7.04. The minimum atomic E-state index is 0.0910. The smallest absolute Gasteiger partial charge is 0.239 e. The van der Waals surface area contributed by atoms with Gasteiger partial charge in [-0.1, -0.05) is 48.1 Å². The number of amides is 1. The van der Waals surface area contributed by atoms with Gasteiger partial charge in [0.15, 0.2) is 5.13 Å². The summed E-state index contributed by atoms with van der Waals surface area (Å²) in [6.45, 7) is 5.66. The SMILES string of the molecule is CCc1cccc2sc(N(CCCn3ccnc3)C(=O)CSc3ccc(C)cc3)nc12. The summed E-state index contributed by atoms with van der Waals surface area (Å²) in [6.07, 6.45) is 7.31. The monoisotopic (exact) mass is 450 g/mol. The minimum Gasteiger partial charge on any atom is -0.337 e. The molecule has 0 N–H and O–H groups in total. The van der Waals surface area contributed by atoms with Gasteiger partial charge in [-0.3, -0.25) is 9.69 Å². The molecule has 1 amide bonds. The Labute approximate surface area is 191 Å². The molecule has 7 heteroatoms. The van der Waals surface area contributed by atoms with Crippen LogP contribution in [0, 0.1) is 6.92 Å². The van der Waals surface area contributed by atoms with E-state index in [9.17, 15) is 4.79 Å². The van der Waals surface area contributed by atoms with Gasteiger partial charge >= 0.3 is 0 Å². The van der Waals surface area contributed by atoms with Crippen molar-refractivity contribution in [3.63, 3.8) is 0 Å². The van der Waals surface area contributed by atoms with Crippen molar-refractivity contribution < 1.29 is 4.79 Å². The number of hydrogen-bond acceptors (Lipinski definition) is 5. The maximum absolute atomic E-state index is 13.3. The standard InChI is InChI=1S/C24H26N4OS2/c1-3-19-6-4-7-21-23(19)26-24(31-21)28(14-5-13-27-15-12-25-17-27)22(29)16-30-20-10-8-18(2)9-11-20/h4,6-12,15,17H,3,5,13-14,16H2,1-2H3. The Hall–Kier alpha value is -2.64. The van der Waals surface area contributed by atoms with Crippen molar-refractivity contribution in [1.29, 1.82) is 0 Å². The molecule has 2 heterocycles. The van der Waals surface area contributed by atoms with Gasteiger partial charge in [-0.05, 0) is 43.5 Å². The lowest BCUT2D eigenvalue weighted by molar-refractivity contribution is -0.116. The highest BCUT2D eigenvalue weighted by atomic mass is 32.2. The van der Waals surface area contributed by atoms with Crippen molar-refractivity contribution in [1.82, 2.24) is 14.5 Å². The minimum absolute atomic E-state index is 0.0910. The second-order valence-electron chi connectivity index (χ2n) is 7.42. The normalized spacial score (nSPS) is 11.2. The lowest BCUT2D eigenvalue weighted by Gasteiger charge is -2.20. The number of rotatable bonds is 9. The number of thioether (sulfide) groups is 1. The van der Waals surface area contributed by atoms with E-state index in [1.807, 2.05) is 22.0 Å². The first-order valence-corrected chi connectivity index (χ1v) is 12.3. The van der Waals surface area contributed by atoms with E-state index in [1.165, 1.54) is 11.1 Å². The lowest BCUT2D eigenvalue weighted by Crippen LogP contribution is -2.33. The molecule has 4 aromatic rings. The molecule has 0 spiro atoms. The highest BCUT2D eigenvalue weighted by Crippen LogP contribution is 2.32. The molecule has 2 aromatic heterocycles. The molecule has 0 saturated carbocycles. The molecule has 2 aromatic carbocycles. The fraction of sp³-hybridized carbons (Fsp3) is 0.292. The molecule has 160 valence electrons. The summed E-state index contributed by atoms with van der Waals surface area (Å²) in [5.74, 6) is 0.485. The van der Waals surface area contributed by atoms with Crippen molar-refractivity contribution in [2.45, 2.75) is 38.1 Å². The Balaban J connectivity index is 1.52. The van der Waals surface area contributed by atoms with E-state index in [-0.39, 0.29) is 5.91 Å². The molecule has 0 atom stereocenters. The molecule has 0 aliphatic rings. The summed E-state index contributed by atoms with van der Waals surface area (Å²) in [5, 5.41) is 0.788. The number of nitrogens with zero attached hydrogens (tertiary/aromatic N) is 4. The third kappa shape index (κ3) is 5.35. The largest absolute Gasteiger partial charge is 0.337 e. The Morgan fingerprint density at radius 1 is 1.19 bits per heavy atom. The Morgan fingerprint density at radius 3 is 2.77 bits per heavy atom. The van der Waals surface area contributed by atoms with Crippen LogP contribution in [0.4, 0.5) is 5.13 Å². The van der Waals surface area contributed by atoms with Crippen LogP contribution in [0.25, 0.3) is 10.2 Å². The number of fused-ring (bicyclic) bond motifs is 1. The van der Waals surface area contributed by atoms with Gasteiger partial charge < -0.3 is 4.57 Å². The van der Waals surface area contributed by atoms with Crippen molar-refractivity contribution in [3.8, 4) is 0 Å². The molecular weight excluding hydrogens is 424 g/mol. The molecule has 31 heavy (non-hydrogen) atoms. The van der Waals surface area contributed by atoms with Gasteiger partial charge in [-0.25, -0.2) is 9.97 Å². The van der Waals surface area contributed by atoms with Crippen LogP contribution in [-0.2, 0) is 17.8 Å². The second kappa shape index (κ2) is 10.1. The third-order valence-corrected chi connectivity index (χ3v) is 7.19. The molecule has 0 fully saturated rings. The average Bonchev–Trinajstić information content (AvgIpc) is 3.45. The number of hydrogen-bond donors (Lipinski definition) is 0. The van der Waals surface area contributed by atoms with Crippen LogP contribution < -0.4 is 4.90 Å². The van der Waals surface area contributed by atoms with E-state index >= 15 is 0 Å². The van der Waals surface area contributed by atoms with Crippen LogP contribution in [0.1, 0.15) is 24.5 Å². The first kappa shape index (κ1) is 21.6. The zero-order valence-electron chi connectivity index (χ0n) is 17.8. The average molecular weight is 451 g/mol.